The molecule has 0 spiro atoms. The number of carbonyl (C=O) groups is 2. The molecule has 4 rings (SSSR count). The van der Waals surface area contributed by atoms with Gasteiger partial charge in [0.05, 0.1) is 47.9 Å². The summed E-state index contributed by atoms with van der Waals surface area (Å²) in [6.45, 7) is 3.67. The number of methoxy groups -OCH3 is 2. The van der Waals surface area contributed by atoms with Crippen molar-refractivity contribution in [1.82, 2.24) is 0 Å². The van der Waals surface area contributed by atoms with Gasteiger partial charge in [-0.25, -0.2) is 18.0 Å². The number of hydrogen-bond acceptors (Lipinski definition) is 10. The molecule has 2 heterocycles. The Balaban J connectivity index is 2.09. The number of nitrogens with zero attached hydrogens (tertiary/aromatic N) is 3. The number of piperidine rings is 1. The Morgan fingerprint density at radius 2 is 1.75 bits per heavy atom. The first-order valence-electron chi connectivity index (χ1n) is 12.8. The van der Waals surface area contributed by atoms with Gasteiger partial charge >= 0.3 is 11.9 Å². The number of benzene rings is 2. The number of anilines is 2. The van der Waals surface area contributed by atoms with Gasteiger partial charge < -0.3 is 20.1 Å². The lowest BCUT2D eigenvalue weighted by atomic mass is 9.81. The number of allylic oxidation sites excluding steroid dienone is 1. The molecule has 2 aromatic carbocycles. The van der Waals surface area contributed by atoms with Crippen molar-refractivity contribution >= 4 is 33.2 Å². The maximum atomic E-state index is 13.4. The standard InChI is InChI=1S/C29H32N4O6S/c1-18-9-8-14-32(17-18)20-12-13-23(40(4,36)37)22(15-20)33-26(29(35)39-3)25(28(34)38-2)24(21(16-30)27(33)31)19-10-6-5-7-11-19/h5-7,10-13,15,18,24H,8-9,14,17,31H2,1-4H3. The largest absolute Gasteiger partial charge is 0.466 e. The number of hydrogen-bond donors (Lipinski definition) is 1. The second-order valence-corrected chi connectivity index (χ2v) is 11.9. The topological polar surface area (TPSA) is 143 Å². The van der Waals surface area contributed by atoms with Crippen LogP contribution >= 0.6 is 0 Å². The molecule has 2 N–H and O–H groups in total. The molecule has 0 bridgehead atoms. The van der Waals surface area contributed by atoms with Crippen LogP contribution in [0.3, 0.4) is 0 Å². The van der Waals surface area contributed by atoms with Crippen LogP contribution < -0.4 is 15.5 Å². The van der Waals surface area contributed by atoms with Gasteiger partial charge in [-0.05, 0) is 42.5 Å². The van der Waals surface area contributed by atoms with Crippen LogP contribution in [0, 0.1) is 17.2 Å². The van der Waals surface area contributed by atoms with E-state index in [1.807, 2.05) is 0 Å². The van der Waals surface area contributed by atoms with E-state index in [0.29, 0.717) is 17.2 Å². The zero-order valence-corrected chi connectivity index (χ0v) is 23.7. The second-order valence-electron chi connectivity index (χ2n) is 9.95. The number of rotatable bonds is 6. The highest BCUT2D eigenvalue weighted by molar-refractivity contribution is 7.90. The Morgan fingerprint density at radius 3 is 2.33 bits per heavy atom. The van der Waals surface area contributed by atoms with Crippen molar-refractivity contribution in [2.24, 2.45) is 11.7 Å². The summed E-state index contributed by atoms with van der Waals surface area (Å²) in [7, 11) is -1.57. The number of carbonyl (C=O) groups excluding carboxylic acids is 2. The van der Waals surface area contributed by atoms with Gasteiger partial charge in [0.25, 0.3) is 0 Å². The zero-order chi connectivity index (χ0) is 29.2. The molecule has 0 aromatic heterocycles. The van der Waals surface area contributed by atoms with Crippen LogP contribution in [-0.4, -0.2) is 53.9 Å². The molecule has 11 heteroatoms. The van der Waals surface area contributed by atoms with E-state index in [4.69, 9.17) is 15.2 Å². The first kappa shape index (κ1) is 28.7. The lowest BCUT2D eigenvalue weighted by molar-refractivity contribution is -0.139. The molecule has 2 aliphatic rings. The third-order valence-corrected chi connectivity index (χ3v) is 8.36. The first-order valence-corrected chi connectivity index (χ1v) is 14.7. The minimum atomic E-state index is -3.87. The maximum Gasteiger partial charge on any atom is 0.355 e. The molecule has 10 nitrogen and oxygen atoms in total. The van der Waals surface area contributed by atoms with E-state index < -0.39 is 27.7 Å². The predicted octanol–water partition coefficient (Wildman–Crippen LogP) is 3.22. The molecular weight excluding hydrogens is 532 g/mol. The third kappa shape index (κ3) is 5.27. The third-order valence-electron chi connectivity index (χ3n) is 7.22. The number of esters is 2. The normalized spacial score (nSPS) is 19.8. The Labute approximate surface area is 234 Å². The van der Waals surface area contributed by atoms with E-state index in [1.54, 1.807) is 42.5 Å². The molecule has 0 aliphatic carbocycles. The van der Waals surface area contributed by atoms with Gasteiger partial charge in [-0.2, -0.15) is 5.26 Å². The molecule has 0 saturated carbocycles. The summed E-state index contributed by atoms with van der Waals surface area (Å²) in [6, 6.07) is 15.5. The van der Waals surface area contributed by atoms with Crippen molar-refractivity contribution < 1.29 is 27.5 Å². The molecule has 1 fully saturated rings. The van der Waals surface area contributed by atoms with Crippen molar-refractivity contribution in [1.29, 1.82) is 5.26 Å². The summed E-state index contributed by atoms with van der Waals surface area (Å²) in [5, 5.41) is 10.3. The summed E-state index contributed by atoms with van der Waals surface area (Å²) >= 11 is 0. The average Bonchev–Trinajstić information content (AvgIpc) is 2.95. The summed E-state index contributed by atoms with van der Waals surface area (Å²) < 4.78 is 36.2. The molecule has 2 unspecified atom stereocenters. The number of ether oxygens (including phenoxy) is 2. The summed E-state index contributed by atoms with van der Waals surface area (Å²) in [5.74, 6) is -2.66. The van der Waals surface area contributed by atoms with Crippen LogP contribution in [-0.2, 0) is 28.9 Å². The average molecular weight is 565 g/mol. The number of sulfone groups is 1. The van der Waals surface area contributed by atoms with Crippen LogP contribution in [0.15, 0.2) is 76.1 Å². The second kappa shape index (κ2) is 11.4. The lowest BCUT2D eigenvalue weighted by Crippen LogP contribution is -2.41. The molecule has 40 heavy (non-hydrogen) atoms. The monoisotopic (exact) mass is 564 g/mol. The fourth-order valence-corrected chi connectivity index (χ4v) is 6.22. The Kier molecular flexibility index (Phi) is 8.21. The molecule has 210 valence electrons. The highest BCUT2D eigenvalue weighted by atomic mass is 32.2. The van der Waals surface area contributed by atoms with Crippen LogP contribution in [0.25, 0.3) is 0 Å². The lowest BCUT2D eigenvalue weighted by Gasteiger charge is -2.38. The van der Waals surface area contributed by atoms with E-state index in [-0.39, 0.29) is 33.2 Å². The summed E-state index contributed by atoms with van der Waals surface area (Å²) in [5.41, 5.74) is 7.32. The SMILES string of the molecule is COC(=O)C1=C(C(=O)OC)N(c2cc(N3CCCC(C)C3)ccc2S(C)(=O)=O)C(N)=C(C#N)C1c1ccccc1. The zero-order valence-electron chi connectivity index (χ0n) is 22.9. The molecule has 1 saturated heterocycles. The van der Waals surface area contributed by atoms with Gasteiger partial charge in [0.15, 0.2) is 9.84 Å². The molecular formula is C29H32N4O6S. The van der Waals surface area contributed by atoms with Crippen LogP contribution in [0.4, 0.5) is 11.4 Å². The fraction of sp³-hybridized carbons (Fsp3) is 0.345. The Bertz CT molecular complexity index is 1540. The molecule has 2 aliphatic heterocycles. The molecule has 0 radical (unpaired) electrons. The molecule has 0 amide bonds. The van der Waals surface area contributed by atoms with E-state index >= 15 is 0 Å². The summed E-state index contributed by atoms with van der Waals surface area (Å²) in [6.07, 6.45) is 3.09. The van der Waals surface area contributed by atoms with Crippen molar-refractivity contribution in [3.8, 4) is 6.07 Å². The minimum absolute atomic E-state index is 0.0248. The van der Waals surface area contributed by atoms with Crippen LogP contribution in [0.2, 0.25) is 0 Å². The van der Waals surface area contributed by atoms with E-state index in [9.17, 15) is 23.3 Å². The van der Waals surface area contributed by atoms with Gasteiger partial charge in [-0.15, -0.1) is 0 Å². The predicted molar refractivity (Wildman–Crippen MR) is 150 cm³/mol. The van der Waals surface area contributed by atoms with Crippen molar-refractivity contribution in [2.45, 2.75) is 30.6 Å². The van der Waals surface area contributed by atoms with E-state index in [1.165, 1.54) is 6.07 Å². The number of nitriles is 1. The minimum Gasteiger partial charge on any atom is -0.466 e. The fourth-order valence-electron chi connectivity index (χ4n) is 5.38. The highest BCUT2D eigenvalue weighted by Gasteiger charge is 2.44. The maximum absolute atomic E-state index is 13.4. The van der Waals surface area contributed by atoms with Gasteiger partial charge in [-0.3, -0.25) is 4.90 Å². The molecule has 2 aromatic rings. The van der Waals surface area contributed by atoms with Gasteiger partial charge in [0.1, 0.15) is 11.5 Å². The number of nitrogens with two attached hydrogens (primary N) is 1. The van der Waals surface area contributed by atoms with E-state index in [0.717, 1.165) is 51.3 Å². The van der Waals surface area contributed by atoms with Gasteiger partial charge in [0, 0.05) is 25.0 Å². The first-order chi connectivity index (χ1) is 19.0. The quantitative estimate of drug-likeness (QED) is 0.520. The highest BCUT2D eigenvalue weighted by Crippen LogP contribution is 2.45. The van der Waals surface area contributed by atoms with Crippen molar-refractivity contribution in [3.63, 3.8) is 0 Å². The van der Waals surface area contributed by atoms with Gasteiger partial charge in [0.2, 0.25) is 0 Å². The Morgan fingerprint density at radius 1 is 1.07 bits per heavy atom. The van der Waals surface area contributed by atoms with E-state index in [2.05, 4.69) is 17.9 Å². The van der Waals surface area contributed by atoms with Crippen LogP contribution in [0.5, 0.6) is 0 Å². The van der Waals surface area contributed by atoms with Crippen LogP contribution in [0.1, 0.15) is 31.2 Å². The Hall–Kier alpha value is -4.30. The summed E-state index contributed by atoms with van der Waals surface area (Å²) in [4.78, 5) is 29.9. The van der Waals surface area contributed by atoms with Gasteiger partial charge in [-0.1, -0.05) is 37.3 Å². The molecule has 2 atom stereocenters. The van der Waals surface area contributed by atoms with Crippen molar-refractivity contribution in [3.05, 3.63) is 76.8 Å². The smallest absolute Gasteiger partial charge is 0.355 e. The van der Waals surface area contributed by atoms with Crippen molar-refractivity contribution in [2.75, 3.05) is 43.4 Å².